The molecule has 0 bridgehead atoms. The maximum absolute atomic E-state index is 12.7. The van der Waals surface area contributed by atoms with Crippen molar-refractivity contribution in [3.05, 3.63) is 31.9 Å². The summed E-state index contributed by atoms with van der Waals surface area (Å²) in [6.07, 6.45) is -2.77. The van der Waals surface area contributed by atoms with Crippen LogP contribution in [0.1, 0.15) is 5.56 Å². The van der Waals surface area contributed by atoms with E-state index < -0.39 is 11.7 Å². The second-order valence-electron chi connectivity index (χ2n) is 3.01. The minimum absolute atomic E-state index is 0.134. The molecule has 1 N–H and O–H groups in total. The van der Waals surface area contributed by atoms with Crippen LogP contribution in [0.4, 0.5) is 13.2 Å². The van der Waals surface area contributed by atoms with Crippen LogP contribution in [0.2, 0.25) is 0 Å². The van der Waals surface area contributed by atoms with E-state index in [-0.39, 0.29) is 5.52 Å². The van der Waals surface area contributed by atoms with Gasteiger partial charge in [0.25, 0.3) is 0 Å². The molecule has 1 aromatic heterocycles. The molecule has 0 aliphatic carbocycles. The maximum atomic E-state index is 12.7. The van der Waals surface area contributed by atoms with E-state index in [4.69, 9.17) is 0 Å². The van der Waals surface area contributed by atoms with Crippen LogP contribution in [0.15, 0.2) is 22.8 Å². The van der Waals surface area contributed by atoms with Gasteiger partial charge < -0.3 is 4.98 Å². The van der Waals surface area contributed by atoms with Gasteiger partial charge in [0.2, 0.25) is 0 Å². The van der Waals surface area contributed by atoms with E-state index in [1.807, 2.05) is 22.6 Å². The van der Waals surface area contributed by atoms with Crippen LogP contribution in [0.5, 0.6) is 0 Å². The highest BCUT2D eigenvalue weighted by atomic mass is 127. The Bertz CT molecular complexity index is 518. The fourth-order valence-corrected chi connectivity index (χ4v) is 2.43. The molecule has 0 aliphatic heterocycles. The van der Waals surface area contributed by atoms with Gasteiger partial charge in [0, 0.05) is 19.6 Å². The van der Waals surface area contributed by atoms with E-state index in [1.165, 1.54) is 0 Å². The third kappa shape index (κ3) is 2.01. The van der Waals surface area contributed by atoms with E-state index in [1.54, 1.807) is 12.3 Å². The zero-order valence-corrected chi connectivity index (χ0v) is 10.9. The molecule has 0 spiro atoms. The number of fused-ring (bicyclic) bond motifs is 1. The molecule has 1 heterocycles. The summed E-state index contributed by atoms with van der Waals surface area (Å²) in [6, 6.07) is 2.75. The molecular formula is C9H4BrF3IN. The van der Waals surface area contributed by atoms with Crippen molar-refractivity contribution in [2.45, 2.75) is 6.18 Å². The zero-order chi connectivity index (χ0) is 11.2. The number of aromatic nitrogens is 1. The Labute approximate surface area is 105 Å². The summed E-state index contributed by atoms with van der Waals surface area (Å²) >= 11 is 5.07. The summed E-state index contributed by atoms with van der Waals surface area (Å²) in [5, 5.41) is 0.581. The van der Waals surface area contributed by atoms with Gasteiger partial charge in [-0.15, -0.1) is 0 Å². The van der Waals surface area contributed by atoms with Gasteiger partial charge in [-0.05, 0) is 34.7 Å². The SMILES string of the molecule is FC(F)(F)c1cc(Br)cc2c(I)c[nH]c12. The van der Waals surface area contributed by atoms with Gasteiger partial charge in [-0.2, -0.15) is 13.2 Å². The average Bonchev–Trinajstić information content (AvgIpc) is 2.45. The van der Waals surface area contributed by atoms with Crippen LogP contribution in [-0.2, 0) is 6.18 Å². The number of H-pyrrole nitrogens is 1. The van der Waals surface area contributed by atoms with Crippen molar-refractivity contribution in [1.82, 2.24) is 4.98 Å². The Hall–Kier alpha value is -0.240. The average molecular weight is 390 g/mol. The molecule has 0 aliphatic rings. The molecule has 0 unspecified atom stereocenters. The molecule has 0 amide bonds. The normalized spacial score (nSPS) is 12.3. The highest BCUT2D eigenvalue weighted by Gasteiger charge is 2.33. The summed E-state index contributed by atoms with van der Waals surface area (Å²) in [6.45, 7) is 0. The molecule has 80 valence electrons. The predicted molar refractivity (Wildman–Crippen MR) is 63.7 cm³/mol. The van der Waals surface area contributed by atoms with Gasteiger partial charge in [-0.1, -0.05) is 15.9 Å². The Morgan fingerprint density at radius 1 is 1.27 bits per heavy atom. The van der Waals surface area contributed by atoms with Crippen molar-refractivity contribution in [3.8, 4) is 0 Å². The molecule has 0 atom stereocenters. The second-order valence-corrected chi connectivity index (χ2v) is 5.09. The first-order chi connectivity index (χ1) is 6.89. The summed E-state index contributed by atoms with van der Waals surface area (Å²) < 4.78 is 39.2. The molecule has 1 aromatic carbocycles. The third-order valence-electron chi connectivity index (χ3n) is 2.01. The smallest absolute Gasteiger partial charge is 0.360 e. The first-order valence-electron chi connectivity index (χ1n) is 3.93. The van der Waals surface area contributed by atoms with Crippen LogP contribution in [0, 0.1) is 3.57 Å². The van der Waals surface area contributed by atoms with Crippen LogP contribution < -0.4 is 0 Å². The number of hydrogen-bond donors (Lipinski definition) is 1. The Morgan fingerprint density at radius 2 is 1.93 bits per heavy atom. The first-order valence-corrected chi connectivity index (χ1v) is 5.80. The molecule has 15 heavy (non-hydrogen) atoms. The molecule has 6 heteroatoms. The lowest BCUT2D eigenvalue weighted by molar-refractivity contribution is -0.136. The second kappa shape index (κ2) is 3.65. The van der Waals surface area contributed by atoms with E-state index in [0.29, 0.717) is 9.86 Å². The van der Waals surface area contributed by atoms with Crippen LogP contribution in [0.3, 0.4) is 0 Å². The summed E-state index contributed by atoms with van der Waals surface area (Å²) in [4.78, 5) is 2.64. The zero-order valence-electron chi connectivity index (χ0n) is 7.12. The predicted octanol–water partition coefficient (Wildman–Crippen LogP) is 4.55. The van der Waals surface area contributed by atoms with Crippen LogP contribution >= 0.6 is 38.5 Å². The van der Waals surface area contributed by atoms with Gasteiger partial charge in [0.15, 0.2) is 0 Å². The van der Waals surface area contributed by atoms with Crippen LogP contribution in [-0.4, -0.2) is 4.98 Å². The largest absolute Gasteiger partial charge is 0.418 e. The number of benzene rings is 1. The van der Waals surface area contributed by atoms with Crippen molar-refractivity contribution in [2.75, 3.05) is 0 Å². The highest BCUT2D eigenvalue weighted by Crippen LogP contribution is 2.37. The third-order valence-corrected chi connectivity index (χ3v) is 3.36. The monoisotopic (exact) mass is 389 g/mol. The minimum Gasteiger partial charge on any atom is -0.360 e. The molecule has 0 saturated carbocycles. The standard InChI is InChI=1S/C9H4BrF3IN/c10-4-1-5-7(14)3-15-8(5)6(2-4)9(11,12)13/h1-3,15H. The lowest BCUT2D eigenvalue weighted by Crippen LogP contribution is -2.05. The lowest BCUT2D eigenvalue weighted by atomic mass is 10.1. The summed E-state index contributed by atoms with van der Waals surface area (Å²) in [5.41, 5.74) is -0.509. The van der Waals surface area contributed by atoms with E-state index >= 15 is 0 Å². The lowest BCUT2D eigenvalue weighted by Gasteiger charge is -2.08. The van der Waals surface area contributed by atoms with Gasteiger partial charge >= 0.3 is 6.18 Å². The Kier molecular flexibility index (Phi) is 2.74. The van der Waals surface area contributed by atoms with Crippen molar-refractivity contribution < 1.29 is 13.2 Å². The van der Waals surface area contributed by atoms with Crippen molar-refractivity contribution >= 4 is 49.4 Å². The number of alkyl halides is 3. The number of rotatable bonds is 0. The molecule has 1 nitrogen and oxygen atoms in total. The number of halogens is 5. The fraction of sp³-hybridized carbons (Fsp3) is 0.111. The van der Waals surface area contributed by atoms with Gasteiger partial charge in [-0.25, -0.2) is 0 Å². The Morgan fingerprint density at radius 3 is 2.53 bits per heavy atom. The molecule has 0 saturated heterocycles. The fourth-order valence-electron chi connectivity index (χ4n) is 1.39. The topological polar surface area (TPSA) is 15.8 Å². The molecule has 2 aromatic rings. The van der Waals surface area contributed by atoms with Crippen molar-refractivity contribution in [1.29, 1.82) is 0 Å². The number of hydrogen-bond acceptors (Lipinski definition) is 0. The molecular weight excluding hydrogens is 386 g/mol. The molecule has 2 rings (SSSR count). The molecule has 0 fully saturated rings. The van der Waals surface area contributed by atoms with E-state index in [0.717, 1.165) is 9.64 Å². The van der Waals surface area contributed by atoms with Crippen molar-refractivity contribution in [2.24, 2.45) is 0 Å². The number of nitrogens with one attached hydrogen (secondary N) is 1. The maximum Gasteiger partial charge on any atom is 0.418 e. The Balaban J connectivity index is 2.84. The minimum atomic E-state index is -4.34. The van der Waals surface area contributed by atoms with Gasteiger partial charge in [0.05, 0.1) is 11.1 Å². The highest BCUT2D eigenvalue weighted by molar-refractivity contribution is 14.1. The van der Waals surface area contributed by atoms with Gasteiger partial charge in [0.1, 0.15) is 0 Å². The van der Waals surface area contributed by atoms with E-state index in [2.05, 4.69) is 20.9 Å². The summed E-state index contributed by atoms with van der Waals surface area (Å²) in [5.74, 6) is 0. The quantitative estimate of drug-likeness (QED) is 0.636. The van der Waals surface area contributed by atoms with Gasteiger partial charge in [-0.3, -0.25) is 0 Å². The van der Waals surface area contributed by atoms with Crippen molar-refractivity contribution in [3.63, 3.8) is 0 Å². The first kappa shape index (κ1) is 11.3. The molecule has 0 radical (unpaired) electrons. The number of aromatic amines is 1. The summed E-state index contributed by atoms with van der Waals surface area (Å²) in [7, 11) is 0. The van der Waals surface area contributed by atoms with Crippen LogP contribution in [0.25, 0.3) is 10.9 Å². The van der Waals surface area contributed by atoms with E-state index in [9.17, 15) is 13.2 Å².